The number of hydrogen-bond acceptors (Lipinski definition) is 2. The van der Waals surface area contributed by atoms with Crippen LogP contribution in [0.4, 0.5) is 0 Å². The molecule has 0 bridgehead atoms. The average Bonchev–Trinajstić information content (AvgIpc) is 3.66. The maximum absolute atomic E-state index is 6.36. The fourth-order valence-electron chi connectivity index (χ4n) is 7.27. The summed E-state index contributed by atoms with van der Waals surface area (Å²) in [6.45, 7) is 0. The first-order valence-corrected chi connectivity index (χ1v) is 15.6. The molecule has 10 rings (SSSR count). The number of benzene rings is 7. The van der Waals surface area contributed by atoms with Crippen LogP contribution in [-0.2, 0) is 0 Å². The Morgan fingerprint density at radius 2 is 1.15 bits per heavy atom. The second-order valence-corrected chi connectivity index (χ2v) is 11.9. The van der Waals surface area contributed by atoms with Crippen LogP contribution < -0.4 is 0 Å². The zero-order valence-corrected chi connectivity index (χ0v) is 24.8. The molecule has 10 aromatic rings. The van der Waals surface area contributed by atoms with Crippen molar-refractivity contribution in [3.63, 3.8) is 0 Å². The van der Waals surface area contributed by atoms with Crippen molar-refractivity contribution in [1.29, 1.82) is 0 Å². The van der Waals surface area contributed by atoms with Gasteiger partial charge in [-0.25, -0.2) is 4.98 Å². The highest BCUT2D eigenvalue weighted by atomic mass is 16.3. The first-order valence-electron chi connectivity index (χ1n) is 15.6. The van der Waals surface area contributed by atoms with Crippen molar-refractivity contribution >= 4 is 65.4 Å². The monoisotopic (exact) mass is 586 g/mol. The zero-order valence-electron chi connectivity index (χ0n) is 24.8. The third-order valence-electron chi connectivity index (χ3n) is 9.38. The average molecular weight is 587 g/mol. The van der Waals surface area contributed by atoms with Crippen LogP contribution in [0.1, 0.15) is 0 Å². The number of pyridine rings is 1. The molecule has 0 aliphatic carbocycles. The Bertz CT molecular complexity index is 2790. The van der Waals surface area contributed by atoms with E-state index >= 15 is 0 Å². The van der Waals surface area contributed by atoms with Gasteiger partial charge in [-0.3, -0.25) is 0 Å². The van der Waals surface area contributed by atoms with Crippen molar-refractivity contribution in [1.82, 2.24) is 9.55 Å². The minimum Gasteiger partial charge on any atom is -0.455 e. The molecule has 0 spiro atoms. The SMILES string of the molecule is c1ccc(-c2nc3ccccc3c3cc4c5ccccc5n(-c5ccc(-c6cccc7c6oc6ccccc67)cc5)c4cc23)cc1. The Labute approximate surface area is 264 Å². The topological polar surface area (TPSA) is 31.0 Å². The van der Waals surface area contributed by atoms with Crippen LogP contribution in [0.15, 0.2) is 162 Å². The van der Waals surface area contributed by atoms with Gasteiger partial charge in [-0.15, -0.1) is 0 Å². The molecule has 0 saturated carbocycles. The van der Waals surface area contributed by atoms with E-state index in [2.05, 4.69) is 150 Å². The largest absolute Gasteiger partial charge is 0.455 e. The molecule has 0 unspecified atom stereocenters. The summed E-state index contributed by atoms with van der Waals surface area (Å²) in [5.41, 5.74) is 10.6. The number of hydrogen-bond donors (Lipinski definition) is 0. The first-order chi connectivity index (χ1) is 22.8. The van der Waals surface area contributed by atoms with E-state index in [-0.39, 0.29) is 0 Å². The Hall–Kier alpha value is -6.19. The van der Waals surface area contributed by atoms with E-state index < -0.39 is 0 Å². The van der Waals surface area contributed by atoms with E-state index in [0.29, 0.717) is 0 Å². The second kappa shape index (κ2) is 9.65. The highest BCUT2D eigenvalue weighted by Crippen LogP contribution is 2.41. The third-order valence-corrected chi connectivity index (χ3v) is 9.38. The van der Waals surface area contributed by atoms with Gasteiger partial charge in [-0.2, -0.15) is 0 Å². The number of rotatable bonds is 3. The van der Waals surface area contributed by atoms with E-state index in [0.717, 1.165) is 66.4 Å². The van der Waals surface area contributed by atoms with Gasteiger partial charge in [0.1, 0.15) is 11.2 Å². The summed E-state index contributed by atoms with van der Waals surface area (Å²) in [7, 11) is 0. The van der Waals surface area contributed by atoms with Crippen molar-refractivity contribution < 1.29 is 4.42 Å². The van der Waals surface area contributed by atoms with Gasteiger partial charge in [-0.05, 0) is 53.4 Å². The van der Waals surface area contributed by atoms with E-state index in [1.165, 1.54) is 27.1 Å². The molecule has 0 atom stereocenters. The molecule has 214 valence electrons. The summed E-state index contributed by atoms with van der Waals surface area (Å²) in [6, 6.07) is 56.0. The molecule has 0 amide bonds. The minimum absolute atomic E-state index is 0.913. The standard InChI is InChI=1S/C43H26N2O/c1-2-11-28(12-3-1)42-37-26-40-36(25-35(37)31-13-4-7-18-38(31)44-42)32-14-5-8-19-39(32)45(40)29-23-21-27(22-24-29)30-16-10-17-34-33-15-6-9-20-41(33)46-43(30)34/h1-26H. The number of furan rings is 1. The third kappa shape index (κ3) is 3.63. The first kappa shape index (κ1) is 25.2. The van der Waals surface area contributed by atoms with Gasteiger partial charge in [-0.1, -0.05) is 115 Å². The van der Waals surface area contributed by atoms with Crippen LogP contribution in [0, 0.1) is 0 Å². The smallest absolute Gasteiger partial charge is 0.143 e. The Balaban J connectivity index is 1.22. The predicted octanol–water partition coefficient (Wildman–Crippen LogP) is 11.7. The van der Waals surface area contributed by atoms with E-state index in [4.69, 9.17) is 9.40 Å². The fraction of sp³-hybridized carbons (Fsp3) is 0. The summed E-state index contributed by atoms with van der Waals surface area (Å²) >= 11 is 0. The van der Waals surface area contributed by atoms with E-state index in [1.54, 1.807) is 0 Å². The van der Waals surface area contributed by atoms with Crippen molar-refractivity contribution in [2.75, 3.05) is 0 Å². The molecule has 3 heteroatoms. The molecular formula is C43H26N2O. The zero-order chi connectivity index (χ0) is 30.2. The summed E-state index contributed by atoms with van der Waals surface area (Å²) < 4.78 is 8.75. The number of para-hydroxylation sites is 4. The molecule has 0 aliphatic heterocycles. The van der Waals surface area contributed by atoms with Crippen LogP contribution in [0.2, 0.25) is 0 Å². The summed E-state index contributed by atoms with van der Waals surface area (Å²) in [4.78, 5) is 5.20. The lowest BCUT2D eigenvalue weighted by Crippen LogP contribution is -1.95. The van der Waals surface area contributed by atoms with Crippen molar-refractivity contribution in [3.8, 4) is 28.1 Å². The Morgan fingerprint density at radius 1 is 0.435 bits per heavy atom. The molecule has 0 radical (unpaired) electrons. The summed E-state index contributed by atoms with van der Waals surface area (Å²) in [6.07, 6.45) is 0. The van der Waals surface area contributed by atoms with E-state index in [1.807, 2.05) is 12.1 Å². The predicted molar refractivity (Wildman–Crippen MR) is 192 cm³/mol. The molecule has 0 aliphatic rings. The van der Waals surface area contributed by atoms with Gasteiger partial charge in [0.15, 0.2) is 0 Å². The minimum atomic E-state index is 0.913. The fourth-order valence-corrected chi connectivity index (χ4v) is 7.27. The highest BCUT2D eigenvalue weighted by molar-refractivity contribution is 6.20. The molecule has 0 N–H and O–H groups in total. The van der Waals surface area contributed by atoms with Crippen LogP contribution in [0.25, 0.3) is 93.5 Å². The van der Waals surface area contributed by atoms with Crippen LogP contribution >= 0.6 is 0 Å². The Kier molecular flexibility index (Phi) is 5.28. The van der Waals surface area contributed by atoms with Gasteiger partial charge in [0.2, 0.25) is 0 Å². The highest BCUT2D eigenvalue weighted by Gasteiger charge is 2.18. The van der Waals surface area contributed by atoms with Gasteiger partial charge in [0.25, 0.3) is 0 Å². The molecule has 7 aromatic carbocycles. The summed E-state index contributed by atoms with van der Waals surface area (Å²) in [5.74, 6) is 0. The van der Waals surface area contributed by atoms with Crippen LogP contribution in [0.3, 0.4) is 0 Å². The Morgan fingerprint density at radius 3 is 2.02 bits per heavy atom. The molecular weight excluding hydrogens is 560 g/mol. The molecule has 0 saturated heterocycles. The van der Waals surface area contributed by atoms with Crippen LogP contribution in [0.5, 0.6) is 0 Å². The van der Waals surface area contributed by atoms with Gasteiger partial charge >= 0.3 is 0 Å². The molecule has 3 aromatic heterocycles. The van der Waals surface area contributed by atoms with Gasteiger partial charge < -0.3 is 8.98 Å². The second-order valence-electron chi connectivity index (χ2n) is 11.9. The van der Waals surface area contributed by atoms with E-state index in [9.17, 15) is 0 Å². The normalized spacial score (nSPS) is 11.9. The lowest BCUT2D eigenvalue weighted by Gasteiger charge is -2.13. The number of aromatic nitrogens is 2. The lowest BCUT2D eigenvalue weighted by molar-refractivity contribution is 0.670. The molecule has 46 heavy (non-hydrogen) atoms. The molecule has 0 fully saturated rings. The number of nitrogens with zero attached hydrogens (tertiary/aromatic N) is 2. The molecule has 3 nitrogen and oxygen atoms in total. The summed E-state index contributed by atoms with van der Waals surface area (Å²) in [5, 5.41) is 8.28. The molecule has 3 heterocycles. The maximum atomic E-state index is 6.36. The lowest BCUT2D eigenvalue weighted by atomic mass is 9.98. The number of fused-ring (bicyclic) bond motifs is 9. The van der Waals surface area contributed by atoms with Crippen molar-refractivity contribution in [3.05, 3.63) is 158 Å². The maximum Gasteiger partial charge on any atom is 0.143 e. The van der Waals surface area contributed by atoms with Crippen molar-refractivity contribution in [2.24, 2.45) is 0 Å². The van der Waals surface area contributed by atoms with Crippen molar-refractivity contribution in [2.45, 2.75) is 0 Å². The van der Waals surface area contributed by atoms with Gasteiger partial charge in [0, 0.05) is 49.1 Å². The van der Waals surface area contributed by atoms with Crippen LogP contribution in [-0.4, -0.2) is 9.55 Å². The quantitative estimate of drug-likeness (QED) is 0.193. The van der Waals surface area contributed by atoms with Gasteiger partial charge in [0.05, 0.1) is 22.2 Å².